The summed E-state index contributed by atoms with van der Waals surface area (Å²) >= 11 is 0. The highest BCUT2D eigenvalue weighted by Gasteiger charge is 2.14. The van der Waals surface area contributed by atoms with Gasteiger partial charge < -0.3 is 14.4 Å². The van der Waals surface area contributed by atoms with Crippen LogP contribution < -0.4 is 5.32 Å². The fourth-order valence-corrected chi connectivity index (χ4v) is 3.91. The molecule has 1 N–H and O–H groups in total. The molecule has 0 aliphatic rings. The lowest BCUT2D eigenvalue weighted by atomic mass is 10.1. The maximum absolute atomic E-state index is 11.9. The van der Waals surface area contributed by atoms with Gasteiger partial charge in [-0.25, -0.2) is 8.42 Å². The predicted octanol–water partition coefficient (Wildman–Crippen LogP) is 3.82. The molecule has 0 aliphatic heterocycles. The topological polar surface area (TPSA) is 86.3 Å². The molecule has 0 unspecified atom stereocenters. The molecule has 0 aromatic rings. The summed E-state index contributed by atoms with van der Waals surface area (Å²) in [5, 5.41) is 3.00. The van der Waals surface area contributed by atoms with Crippen molar-refractivity contribution < 1.29 is 22.2 Å². The predicted molar refractivity (Wildman–Crippen MR) is 115 cm³/mol. The maximum Gasteiger partial charge on any atom is 0.219 e. The maximum atomic E-state index is 11.9. The van der Waals surface area contributed by atoms with E-state index in [9.17, 15) is 17.8 Å². The van der Waals surface area contributed by atoms with Crippen molar-refractivity contribution in [3.63, 3.8) is 0 Å². The Bertz CT molecular complexity index is 493. The summed E-state index contributed by atoms with van der Waals surface area (Å²) < 4.78 is 32.6. The van der Waals surface area contributed by atoms with E-state index in [0.29, 0.717) is 19.4 Å². The minimum Gasteiger partial charge on any atom is -0.748 e. The van der Waals surface area contributed by atoms with E-state index in [-0.39, 0.29) is 11.7 Å². The number of carbonyl (C=O) groups is 1. The Morgan fingerprint density at radius 3 is 1.93 bits per heavy atom. The third-order valence-electron chi connectivity index (χ3n) is 5.18. The van der Waals surface area contributed by atoms with Gasteiger partial charge in [0.05, 0.1) is 37.3 Å². The fraction of sp³-hybridized carbons (Fsp3) is 0.952. The molecular formula is C21H44N2O4S. The Balaban J connectivity index is 3.54. The molecule has 7 heteroatoms. The minimum atomic E-state index is -4.09. The summed E-state index contributed by atoms with van der Waals surface area (Å²) in [5.74, 6) is -0.129. The lowest BCUT2D eigenvalue weighted by Crippen LogP contribution is -2.42. The van der Waals surface area contributed by atoms with Gasteiger partial charge in [-0.1, -0.05) is 58.3 Å². The quantitative estimate of drug-likeness (QED) is 0.195. The van der Waals surface area contributed by atoms with E-state index < -0.39 is 10.1 Å². The summed E-state index contributed by atoms with van der Waals surface area (Å²) in [6.07, 6.45) is 14.0. The van der Waals surface area contributed by atoms with Crippen LogP contribution in [0.15, 0.2) is 0 Å². The molecular weight excluding hydrogens is 376 g/mol. The number of carbonyl (C=O) groups excluding carboxylic acids is 1. The van der Waals surface area contributed by atoms with Crippen LogP contribution >= 0.6 is 0 Å². The first-order chi connectivity index (χ1) is 13.2. The van der Waals surface area contributed by atoms with Crippen LogP contribution in [0.2, 0.25) is 0 Å². The zero-order valence-corrected chi connectivity index (χ0v) is 19.3. The Morgan fingerprint density at radius 1 is 0.821 bits per heavy atom. The summed E-state index contributed by atoms with van der Waals surface area (Å²) in [6.45, 7) is 4.68. The summed E-state index contributed by atoms with van der Waals surface area (Å²) in [5.41, 5.74) is 0. The number of nitrogens with zero attached hydrogens (tertiary/aromatic N) is 1. The molecule has 0 atom stereocenters. The van der Waals surface area contributed by atoms with Gasteiger partial charge >= 0.3 is 0 Å². The van der Waals surface area contributed by atoms with E-state index in [0.717, 1.165) is 43.3 Å². The molecule has 0 radical (unpaired) electrons. The van der Waals surface area contributed by atoms with Gasteiger partial charge in [-0.2, -0.15) is 0 Å². The van der Waals surface area contributed by atoms with Crippen LogP contribution in [-0.2, 0) is 14.9 Å². The van der Waals surface area contributed by atoms with Gasteiger partial charge in [0, 0.05) is 25.1 Å². The van der Waals surface area contributed by atoms with Crippen LogP contribution in [0.4, 0.5) is 0 Å². The summed E-state index contributed by atoms with van der Waals surface area (Å²) in [4.78, 5) is 11.9. The van der Waals surface area contributed by atoms with Gasteiger partial charge in [-0.3, -0.25) is 4.79 Å². The van der Waals surface area contributed by atoms with Gasteiger partial charge in [-0.15, -0.1) is 0 Å². The first-order valence-corrected chi connectivity index (χ1v) is 12.8. The van der Waals surface area contributed by atoms with Crippen molar-refractivity contribution in [3.8, 4) is 0 Å². The fourth-order valence-electron chi connectivity index (χ4n) is 3.35. The van der Waals surface area contributed by atoms with Crippen LogP contribution in [0.5, 0.6) is 0 Å². The molecule has 1 amide bonds. The van der Waals surface area contributed by atoms with Gasteiger partial charge in [0.15, 0.2) is 0 Å². The lowest BCUT2D eigenvalue weighted by molar-refractivity contribution is -0.890. The third-order valence-corrected chi connectivity index (χ3v) is 5.97. The number of hydrogen-bond donors (Lipinski definition) is 1. The van der Waals surface area contributed by atoms with Crippen molar-refractivity contribution in [1.29, 1.82) is 0 Å². The second-order valence-corrected chi connectivity index (χ2v) is 10.2. The van der Waals surface area contributed by atoms with Crippen LogP contribution in [0.3, 0.4) is 0 Å². The van der Waals surface area contributed by atoms with Crippen LogP contribution in [-0.4, -0.2) is 62.8 Å². The molecule has 0 spiro atoms. The largest absolute Gasteiger partial charge is 0.748 e. The Morgan fingerprint density at radius 2 is 1.36 bits per heavy atom. The lowest BCUT2D eigenvalue weighted by Gasteiger charge is -2.30. The molecule has 0 aromatic carbocycles. The van der Waals surface area contributed by atoms with Crippen molar-refractivity contribution in [1.82, 2.24) is 5.32 Å². The van der Waals surface area contributed by atoms with Crippen molar-refractivity contribution in [2.45, 2.75) is 90.4 Å². The zero-order valence-electron chi connectivity index (χ0n) is 18.5. The molecule has 28 heavy (non-hydrogen) atoms. The number of rotatable bonds is 19. The standard InChI is InChI=1S/C21H44N2O4S/c1-4-5-6-7-8-9-10-11-12-16-21(24)22-17-15-19-23(2,3)18-13-14-20-28(25,26)27/h4-20H2,1-3H3,(H-,22,24,25,26,27). The second-order valence-electron chi connectivity index (χ2n) is 8.63. The molecule has 168 valence electrons. The SMILES string of the molecule is CCCCCCCCCCCC(=O)NCCC[N+](C)(C)CCCCS(=O)(=O)[O-]. The third kappa shape index (κ3) is 20.1. The number of amides is 1. The Kier molecular flexibility index (Phi) is 15.8. The van der Waals surface area contributed by atoms with Gasteiger partial charge in [-0.05, 0) is 19.3 Å². The van der Waals surface area contributed by atoms with E-state index in [2.05, 4.69) is 26.3 Å². The molecule has 0 bridgehead atoms. The van der Waals surface area contributed by atoms with E-state index in [1.807, 2.05) is 0 Å². The van der Waals surface area contributed by atoms with Crippen molar-refractivity contribution in [2.75, 3.05) is 39.5 Å². The van der Waals surface area contributed by atoms with E-state index >= 15 is 0 Å². The van der Waals surface area contributed by atoms with Crippen molar-refractivity contribution in [2.24, 2.45) is 0 Å². The number of hydrogen-bond acceptors (Lipinski definition) is 4. The summed E-state index contributed by atoms with van der Waals surface area (Å²) in [6, 6.07) is 0. The Labute approximate surface area is 173 Å². The highest BCUT2D eigenvalue weighted by molar-refractivity contribution is 7.85. The zero-order chi connectivity index (χ0) is 21.3. The Hall–Kier alpha value is -0.660. The molecule has 0 saturated heterocycles. The highest BCUT2D eigenvalue weighted by Crippen LogP contribution is 2.10. The second kappa shape index (κ2) is 16.2. The van der Waals surface area contributed by atoms with E-state index in [1.165, 1.54) is 44.9 Å². The van der Waals surface area contributed by atoms with Gasteiger partial charge in [0.25, 0.3) is 0 Å². The van der Waals surface area contributed by atoms with Gasteiger partial charge in [0.1, 0.15) is 0 Å². The average Bonchev–Trinajstić information content (AvgIpc) is 2.60. The molecule has 0 fully saturated rings. The van der Waals surface area contributed by atoms with Crippen LogP contribution in [0.1, 0.15) is 90.4 Å². The van der Waals surface area contributed by atoms with E-state index in [1.54, 1.807) is 0 Å². The summed E-state index contributed by atoms with van der Waals surface area (Å²) in [7, 11) is 0.0911. The highest BCUT2D eigenvalue weighted by atomic mass is 32.2. The molecule has 0 heterocycles. The molecule has 0 aliphatic carbocycles. The average molecular weight is 421 g/mol. The van der Waals surface area contributed by atoms with Crippen LogP contribution in [0, 0.1) is 0 Å². The van der Waals surface area contributed by atoms with Gasteiger partial charge in [0.2, 0.25) is 5.91 Å². The number of nitrogens with one attached hydrogen (secondary N) is 1. The molecule has 0 saturated carbocycles. The number of unbranched alkanes of at least 4 members (excludes halogenated alkanes) is 9. The number of quaternary nitrogens is 1. The van der Waals surface area contributed by atoms with Crippen molar-refractivity contribution >= 4 is 16.0 Å². The first-order valence-electron chi connectivity index (χ1n) is 11.2. The van der Waals surface area contributed by atoms with Crippen molar-refractivity contribution in [3.05, 3.63) is 0 Å². The normalized spacial score (nSPS) is 12.3. The minimum absolute atomic E-state index is 0.147. The molecule has 0 aromatic heterocycles. The monoisotopic (exact) mass is 420 g/mol. The van der Waals surface area contributed by atoms with Crippen LogP contribution in [0.25, 0.3) is 0 Å². The molecule has 6 nitrogen and oxygen atoms in total. The van der Waals surface area contributed by atoms with E-state index in [4.69, 9.17) is 0 Å². The smallest absolute Gasteiger partial charge is 0.219 e. The molecule has 0 rings (SSSR count). The first kappa shape index (κ1) is 27.3.